The van der Waals surface area contributed by atoms with Gasteiger partial charge in [0.1, 0.15) is 12.4 Å². The molecule has 37 heavy (non-hydrogen) atoms. The first-order chi connectivity index (χ1) is 16.8. The zero-order chi connectivity index (χ0) is 29.3. The smallest absolute Gasteiger partial charge is 0.426 e. The lowest BCUT2D eigenvalue weighted by molar-refractivity contribution is -0.131. The number of hydrazine groups is 2. The lowest BCUT2D eigenvalue weighted by atomic mass is 10.5. The largest absolute Gasteiger partial charge is 0.448 e. The topological polar surface area (TPSA) is 170 Å². The molecule has 4 amide bonds. The summed E-state index contributed by atoms with van der Waals surface area (Å²) in [6.07, 6.45) is -0.412. The van der Waals surface area contributed by atoms with Crippen LogP contribution in [0.3, 0.4) is 0 Å². The van der Waals surface area contributed by atoms with Crippen molar-refractivity contribution < 1.29 is 41.7 Å². The van der Waals surface area contributed by atoms with Crippen LogP contribution in [0.1, 0.15) is 34.1 Å². The number of hydrogen-bond acceptors (Lipinski definition) is 9. The van der Waals surface area contributed by atoms with Crippen LogP contribution in [-0.4, -0.2) is 74.6 Å². The zero-order valence-corrected chi connectivity index (χ0v) is 26.9. The summed E-state index contributed by atoms with van der Waals surface area (Å²) in [6, 6.07) is 1.68. The van der Waals surface area contributed by atoms with E-state index >= 15 is 0 Å². The number of ether oxygens (including phenoxy) is 2. The molecule has 0 heterocycles. The zero-order valence-electron chi connectivity index (χ0n) is 23.9. The van der Waals surface area contributed by atoms with E-state index in [9.17, 15) is 24.0 Å². The molecule has 0 fully saturated rings. The molecule has 16 heteroatoms. The fourth-order valence-corrected chi connectivity index (χ4v) is 16.2. The number of amides is 4. The first kappa shape index (κ1) is 37.0. The molecule has 0 atom stereocenters. The van der Waals surface area contributed by atoms with Crippen molar-refractivity contribution in [3.05, 3.63) is 0 Å². The van der Waals surface area contributed by atoms with Crippen LogP contribution in [-0.2, 0) is 36.9 Å². The number of ketones is 1. The Hall–Kier alpha value is -2.12. The molecule has 0 rings (SSSR count). The molecule has 0 bridgehead atoms. The molecule has 0 aromatic heterocycles. The van der Waals surface area contributed by atoms with Gasteiger partial charge in [0.2, 0.25) is 11.8 Å². The lowest BCUT2D eigenvalue weighted by Gasteiger charge is -2.38. The van der Waals surface area contributed by atoms with E-state index in [1.807, 2.05) is 5.43 Å². The number of nitrogens with one attached hydrogen (secondary N) is 4. The van der Waals surface area contributed by atoms with Gasteiger partial charge in [0.05, 0.1) is 13.2 Å². The molecular formula is C21H46N4O9Si3. The standard InChI is InChI=1S/C11H28O3Si3.C10H18N4O6/c1-9-15(3,4)13-17(7,8)14-16(5,6)10-11(2)12;1-7(15)11-13-9(17)6-19-4-3-5-20-10(18)14-12-8(2)16/h9-10H2,1-8H3;3-6H2,1-2H3,(H,11,15)(H,12,16)(H,13,17)(H,14,18). The first-order valence-electron chi connectivity index (χ1n) is 12.0. The summed E-state index contributed by atoms with van der Waals surface area (Å²) in [6.45, 7) is 19.2. The fraction of sp³-hybridized carbons (Fsp3) is 0.762. The second kappa shape index (κ2) is 18.2. The van der Waals surface area contributed by atoms with E-state index in [4.69, 9.17) is 13.0 Å². The van der Waals surface area contributed by atoms with Crippen LogP contribution in [0.2, 0.25) is 51.4 Å². The monoisotopic (exact) mass is 582 g/mol. The van der Waals surface area contributed by atoms with Gasteiger partial charge in [0.25, 0.3) is 5.91 Å². The maximum Gasteiger partial charge on any atom is 0.426 e. The van der Waals surface area contributed by atoms with E-state index in [1.165, 1.54) is 13.8 Å². The Morgan fingerprint density at radius 2 is 1.22 bits per heavy atom. The highest BCUT2D eigenvalue weighted by molar-refractivity contribution is 6.88. The van der Waals surface area contributed by atoms with Crippen molar-refractivity contribution in [2.75, 3.05) is 19.8 Å². The van der Waals surface area contributed by atoms with Crippen molar-refractivity contribution >= 4 is 54.8 Å². The Balaban J connectivity index is 0. The van der Waals surface area contributed by atoms with Crippen LogP contribution in [0.25, 0.3) is 0 Å². The third kappa shape index (κ3) is 25.3. The molecule has 0 saturated carbocycles. The van der Waals surface area contributed by atoms with E-state index in [0.717, 1.165) is 6.04 Å². The van der Waals surface area contributed by atoms with Gasteiger partial charge in [0, 0.05) is 26.3 Å². The Kier molecular flexibility index (Phi) is 18.2. The highest BCUT2D eigenvalue weighted by Crippen LogP contribution is 2.24. The predicted molar refractivity (Wildman–Crippen MR) is 146 cm³/mol. The summed E-state index contributed by atoms with van der Waals surface area (Å²) < 4.78 is 22.2. The molecular weight excluding hydrogens is 537 g/mol. The maximum atomic E-state index is 11.2. The second-order valence-electron chi connectivity index (χ2n) is 9.93. The summed E-state index contributed by atoms with van der Waals surface area (Å²) in [5.41, 5.74) is 8.29. The summed E-state index contributed by atoms with van der Waals surface area (Å²) >= 11 is 0. The summed E-state index contributed by atoms with van der Waals surface area (Å²) in [4.78, 5) is 54.2. The minimum absolute atomic E-state index is 0.0682. The molecule has 13 nitrogen and oxygen atoms in total. The molecule has 0 aliphatic rings. The average molecular weight is 583 g/mol. The molecule has 0 spiro atoms. The third-order valence-electron chi connectivity index (χ3n) is 4.19. The predicted octanol–water partition coefficient (Wildman–Crippen LogP) is 2.08. The number of carbonyl (C=O) groups is 5. The van der Waals surface area contributed by atoms with Crippen LogP contribution >= 0.6 is 0 Å². The SMILES string of the molecule is CC(=O)NNC(=O)COCCCOC(=O)NNC(C)=O.CC[Si](C)(C)O[Si](C)(C)O[Si](C)(C)CC(C)=O. The van der Waals surface area contributed by atoms with E-state index in [2.05, 4.69) is 67.2 Å². The van der Waals surface area contributed by atoms with E-state index in [1.54, 1.807) is 6.92 Å². The summed E-state index contributed by atoms with van der Waals surface area (Å²) in [5, 5.41) is 0. The number of hydrogen-bond donors (Lipinski definition) is 4. The van der Waals surface area contributed by atoms with Crippen LogP contribution in [0.15, 0.2) is 0 Å². The van der Waals surface area contributed by atoms with Crippen molar-refractivity contribution in [1.82, 2.24) is 21.7 Å². The van der Waals surface area contributed by atoms with E-state index in [-0.39, 0.29) is 25.6 Å². The quantitative estimate of drug-likeness (QED) is 0.144. The van der Waals surface area contributed by atoms with Crippen LogP contribution < -0.4 is 21.7 Å². The van der Waals surface area contributed by atoms with Crippen LogP contribution in [0.5, 0.6) is 0 Å². The van der Waals surface area contributed by atoms with Crippen molar-refractivity contribution in [3.8, 4) is 0 Å². The molecule has 0 aromatic rings. The van der Waals surface area contributed by atoms with Crippen molar-refractivity contribution in [1.29, 1.82) is 0 Å². The Morgan fingerprint density at radius 3 is 1.70 bits per heavy atom. The molecule has 0 aliphatic heterocycles. The minimum Gasteiger partial charge on any atom is -0.448 e. The average Bonchev–Trinajstić information content (AvgIpc) is 2.70. The van der Waals surface area contributed by atoms with Crippen LogP contribution in [0, 0.1) is 0 Å². The van der Waals surface area contributed by atoms with Gasteiger partial charge in [-0.2, -0.15) is 0 Å². The summed E-state index contributed by atoms with van der Waals surface area (Å²) in [5.74, 6) is -1.09. The van der Waals surface area contributed by atoms with Crippen LogP contribution in [0.4, 0.5) is 4.79 Å². The molecule has 0 radical (unpaired) electrons. The Bertz CT molecular complexity index is 732. The normalized spacial score (nSPS) is 11.4. The lowest BCUT2D eigenvalue weighted by Crippen LogP contribution is -2.52. The van der Waals surface area contributed by atoms with Crippen molar-refractivity contribution in [2.45, 2.75) is 85.5 Å². The molecule has 4 N–H and O–H groups in total. The number of rotatable bonds is 13. The van der Waals surface area contributed by atoms with Gasteiger partial charge in [0.15, 0.2) is 16.6 Å². The third-order valence-corrected chi connectivity index (χ3v) is 15.6. The second-order valence-corrected chi connectivity index (χ2v) is 22.5. The number of carbonyl (C=O) groups excluding carboxylic acids is 5. The number of Topliss-reactive ketones (excluding diaryl/α,β-unsaturated/α-hetero) is 1. The molecule has 0 aromatic carbocycles. The molecule has 0 aliphatic carbocycles. The van der Waals surface area contributed by atoms with Crippen molar-refractivity contribution in [2.24, 2.45) is 0 Å². The molecule has 216 valence electrons. The summed E-state index contributed by atoms with van der Waals surface area (Å²) in [7, 11) is -5.57. The highest BCUT2D eigenvalue weighted by atomic mass is 28.5. The first-order valence-corrected chi connectivity index (χ1v) is 21.1. The molecule has 0 unspecified atom stereocenters. The minimum atomic E-state index is -2.09. The fourth-order valence-electron chi connectivity index (χ4n) is 2.92. The van der Waals surface area contributed by atoms with Gasteiger partial charge in [-0.15, -0.1) is 0 Å². The van der Waals surface area contributed by atoms with E-state index in [0.29, 0.717) is 12.5 Å². The highest BCUT2D eigenvalue weighted by Gasteiger charge is 2.39. The maximum absolute atomic E-state index is 11.2. The van der Waals surface area contributed by atoms with Gasteiger partial charge in [-0.25, -0.2) is 10.2 Å². The Labute approximate surface area is 223 Å². The van der Waals surface area contributed by atoms with Gasteiger partial charge < -0.3 is 22.5 Å². The van der Waals surface area contributed by atoms with Gasteiger partial charge in [-0.05, 0) is 52.2 Å². The van der Waals surface area contributed by atoms with E-state index < -0.39 is 49.0 Å². The van der Waals surface area contributed by atoms with Gasteiger partial charge >= 0.3 is 14.7 Å². The van der Waals surface area contributed by atoms with Gasteiger partial charge in [-0.1, -0.05) is 6.92 Å². The Morgan fingerprint density at radius 1 is 0.703 bits per heavy atom. The van der Waals surface area contributed by atoms with Crippen molar-refractivity contribution in [3.63, 3.8) is 0 Å². The van der Waals surface area contributed by atoms with Gasteiger partial charge in [-0.3, -0.25) is 30.7 Å². The molecule has 0 saturated heterocycles.